The number of aromatic nitrogens is 2. The first kappa shape index (κ1) is 15.1. The van der Waals surface area contributed by atoms with Crippen LogP contribution in [0.25, 0.3) is 0 Å². The minimum Gasteiger partial charge on any atom is -0.494 e. The fourth-order valence-corrected chi connectivity index (χ4v) is 2.07. The van der Waals surface area contributed by atoms with E-state index in [0.717, 1.165) is 11.3 Å². The zero-order chi connectivity index (χ0) is 15.1. The highest BCUT2D eigenvalue weighted by molar-refractivity contribution is 5.76. The molecule has 0 aliphatic rings. The van der Waals surface area contributed by atoms with Gasteiger partial charge in [-0.25, -0.2) is 0 Å². The van der Waals surface area contributed by atoms with Crippen molar-refractivity contribution in [3.63, 3.8) is 0 Å². The SMILES string of the molecule is CCOc1ccc(C(C)NC(=O)CCn2cccn2)cc1. The smallest absolute Gasteiger partial charge is 0.222 e. The molecule has 0 spiro atoms. The summed E-state index contributed by atoms with van der Waals surface area (Å²) >= 11 is 0. The summed E-state index contributed by atoms with van der Waals surface area (Å²) < 4.78 is 7.16. The molecule has 1 amide bonds. The predicted molar refractivity (Wildman–Crippen MR) is 81.0 cm³/mol. The molecule has 0 saturated heterocycles. The lowest BCUT2D eigenvalue weighted by Crippen LogP contribution is -2.27. The van der Waals surface area contributed by atoms with Crippen LogP contribution in [0.5, 0.6) is 5.75 Å². The molecule has 1 heterocycles. The van der Waals surface area contributed by atoms with Gasteiger partial charge >= 0.3 is 0 Å². The van der Waals surface area contributed by atoms with E-state index in [9.17, 15) is 4.79 Å². The van der Waals surface area contributed by atoms with E-state index in [1.54, 1.807) is 10.9 Å². The second-order valence-corrected chi connectivity index (χ2v) is 4.81. The first-order valence-corrected chi connectivity index (χ1v) is 7.18. The number of benzene rings is 1. The second kappa shape index (κ2) is 7.47. The minimum atomic E-state index is -0.0224. The van der Waals surface area contributed by atoms with Crippen LogP contribution in [-0.2, 0) is 11.3 Å². The molecule has 1 N–H and O–H groups in total. The molecule has 2 rings (SSSR count). The normalized spacial score (nSPS) is 11.9. The number of hydrogen-bond acceptors (Lipinski definition) is 3. The molecule has 5 nitrogen and oxygen atoms in total. The van der Waals surface area contributed by atoms with Crippen LogP contribution in [0.3, 0.4) is 0 Å². The molecule has 5 heteroatoms. The summed E-state index contributed by atoms with van der Waals surface area (Å²) in [5.41, 5.74) is 1.06. The lowest BCUT2D eigenvalue weighted by molar-refractivity contribution is -0.122. The van der Waals surface area contributed by atoms with E-state index in [-0.39, 0.29) is 11.9 Å². The molecule has 21 heavy (non-hydrogen) atoms. The monoisotopic (exact) mass is 287 g/mol. The zero-order valence-electron chi connectivity index (χ0n) is 12.5. The molecule has 0 radical (unpaired) electrons. The molecule has 0 saturated carbocycles. The van der Waals surface area contributed by atoms with E-state index in [0.29, 0.717) is 19.6 Å². The van der Waals surface area contributed by atoms with Gasteiger partial charge in [-0.05, 0) is 37.6 Å². The van der Waals surface area contributed by atoms with Crippen molar-refractivity contribution in [3.8, 4) is 5.75 Å². The van der Waals surface area contributed by atoms with Crippen molar-refractivity contribution in [2.75, 3.05) is 6.61 Å². The van der Waals surface area contributed by atoms with Gasteiger partial charge in [0.15, 0.2) is 0 Å². The molecule has 0 aliphatic carbocycles. The average molecular weight is 287 g/mol. The standard InChI is InChI=1S/C16H21N3O2/c1-3-21-15-7-5-14(6-8-15)13(2)18-16(20)9-12-19-11-4-10-17-19/h4-8,10-11,13H,3,9,12H2,1-2H3,(H,18,20). The number of rotatable bonds is 7. The Kier molecular flexibility index (Phi) is 5.37. The molecule has 0 bridgehead atoms. The van der Waals surface area contributed by atoms with E-state index in [1.807, 2.05) is 50.4 Å². The fourth-order valence-electron chi connectivity index (χ4n) is 2.07. The Morgan fingerprint density at radius 2 is 2.14 bits per heavy atom. The molecule has 1 atom stereocenters. The molecular formula is C16H21N3O2. The fraction of sp³-hybridized carbons (Fsp3) is 0.375. The summed E-state index contributed by atoms with van der Waals surface area (Å²) in [5.74, 6) is 0.866. The van der Waals surface area contributed by atoms with Gasteiger partial charge in [0.1, 0.15) is 5.75 Å². The van der Waals surface area contributed by atoms with Gasteiger partial charge in [-0.1, -0.05) is 12.1 Å². The Labute approximate surface area is 124 Å². The third kappa shape index (κ3) is 4.63. The maximum absolute atomic E-state index is 11.9. The maximum Gasteiger partial charge on any atom is 0.222 e. The quantitative estimate of drug-likeness (QED) is 0.851. The van der Waals surface area contributed by atoms with Crippen molar-refractivity contribution in [1.82, 2.24) is 15.1 Å². The molecule has 2 aromatic rings. The molecule has 0 fully saturated rings. The first-order valence-electron chi connectivity index (χ1n) is 7.18. The van der Waals surface area contributed by atoms with Crippen LogP contribution in [0.2, 0.25) is 0 Å². The van der Waals surface area contributed by atoms with Crippen LogP contribution in [-0.4, -0.2) is 22.3 Å². The molecule has 1 unspecified atom stereocenters. The summed E-state index contributed by atoms with van der Waals surface area (Å²) in [6.07, 6.45) is 3.98. The highest BCUT2D eigenvalue weighted by Gasteiger charge is 2.09. The number of nitrogens with one attached hydrogen (secondary N) is 1. The van der Waals surface area contributed by atoms with Gasteiger partial charge in [-0.2, -0.15) is 5.10 Å². The summed E-state index contributed by atoms with van der Waals surface area (Å²) in [6.45, 7) is 5.17. The van der Waals surface area contributed by atoms with E-state index in [4.69, 9.17) is 4.74 Å². The van der Waals surface area contributed by atoms with Gasteiger partial charge in [-0.15, -0.1) is 0 Å². The summed E-state index contributed by atoms with van der Waals surface area (Å²) in [4.78, 5) is 11.9. The van der Waals surface area contributed by atoms with Crippen LogP contribution >= 0.6 is 0 Å². The second-order valence-electron chi connectivity index (χ2n) is 4.81. The Bertz CT molecular complexity index is 549. The van der Waals surface area contributed by atoms with Gasteiger partial charge < -0.3 is 10.1 Å². The van der Waals surface area contributed by atoms with Crippen molar-refractivity contribution in [3.05, 3.63) is 48.3 Å². The van der Waals surface area contributed by atoms with E-state index in [1.165, 1.54) is 0 Å². The Hall–Kier alpha value is -2.30. The lowest BCUT2D eigenvalue weighted by atomic mass is 10.1. The van der Waals surface area contributed by atoms with Gasteiger partial charge in [0.2, 0.25) is 5.91 Å². The van der Waals surface area contributed by atoms with Crippen molar-refractivity contribution < 1.29 is 9.53 Å². The molecule has 1 aromatic carbocycles. The Balaban J connectivity index is 1.82. The lowest BCUT2D eigenvalue weighted by Gasteiger charge is -2.15. The number of hydrogen-bond donors (Lipinski definition) is 1. The van der Waals surface area contributed by atoms with Crippen LogP contribution in [0, 0.1) is 0 Å². The van der Waals surface area contributed by atoms with Crippen molar-refractivity contribution in [1.29, 1.82) is 0 Å². The van der Waals surface area contributed by atoms with Gasteiger partial charge in [0, 0.05) is 25.4 Å². The van der Waals surface area contributed by atoms with Gasteiger partial charge in [0.05, 0.1) is 12.6 Å². The Morgan fingerprint density at radius 1 is 1.38 bits per heavy atom. The molecular weight excluding hydrogens is 266 g/mol. The largest absolute Gasteiger partial charge is 0.494 e. The molecule has 0 aliphatic heterocycles. The van der Waals surface area contributed by atoms with E-state index < -0.39 is 0 Å². The number of amides is 1. The third-order valence-corrected chi connectivity index (χ3v) is 3.20. The zero-order valence-corrected chi connectivity index (χ0v) is 12.5. The van der Waals surface area contributed by atoms with Crippen molar-refractivity contribution >= 4 is 5.91 Å². The minimum absolute atomic E-state index is 0.0203. The number of carbonyl (C=O) groups is 1. The van der Waals surface area contributed by atoms with E-state index in [2.05, 4.69) is 10.4 Å². The summed E-state index contributed by atoms with van der Waals surface area (Å²) in [5, 5.41) is 7.06. The number of carbonyl (C=O) groups excluding carboxylic acids is 1. The average Bonchev–Trinajstić information content (AvgIpc) is 2.99. The highest BCUT2D eigenvalue weighted by Crippen LogP contribution is 2.17. The maximum atomic E-state index is 11.9. The number of aryl methyl sites for hydroxylation is 1. The summed E-state index contributed by atoms with van der Waals surface area (Å²) in [6, 6.07) is 9.62. The predicted octanol–water partition coefficient (Wildman–Crippen LogP) is 2.55. The van der Waals surface area contributed by atoms with Gasteiger partial charge in [0.25, 0.3) is 0 Å². The van der Waals surface area contributed by atoms with Crippen LogP contribution in [0.1, 0.15) is 31.9 Å². The van der Waals surface area contributed by atoms with Crippen LogP contribution < -0.4 is 10.1 Å². The van der Waals surface area contributed by atoms with E-state index >= 15 is 0 Å². The summed E-state index contributed by atoms with van der Waals surface area (Å²) in [7, 11) is 0. The Morgan fingerprint density at radius 3 is 2.76 bits per heavy atom. The first-order chi connectivity index (χ1) is 10.2. The number of nitrogens with zero attached hydrogens (tertiary/aromatic N) is 2. The van der Waals surface area contributed by atoms with Crippen LogP contribution in [0.4, 0.5) is 0 Å². The molecule has 112 valence electrons. The topological polar surface area (TPSA) is 56.1 Å². The van der Waals surface area contributed by atoms with Crippen molar-refractivity contribution in [2.45, 2.75) is 32.9 Å². The molecule has 1 aromatic heterocycles. The third-order valence-electron chi connectivity index (χ3n) is 3.20. The highest BCUT2D eigenvalue weighted by atomic mass is 16.5. The van der Waals surface area contributed by atoms with Crippen LogP contribution in [0.15, 0.2) is 42.7 Å². The van der Waals surface area contributed by atoms with Crippen molar-refractivity contribution in [2.24, 2.45) is 0 Å². The van der Waals surface area contributed by atoms with Gasteiger partial charge in [-0.3, -0.25) is 9.48 Å². The number of ether oxygens (including phenoxy) is 1.